The van der Waals surface area contributed by atoms with E-state index in [4.69, 9.17) is 11.6 Å². The summed E-state index contributed by atoms with van der Waals surface area (Å²) >= 11 is 6.17. The second-order valence-corrected chi connectivity index (χ2v) is 4.46. The van der Waals surface area contributed by atoms with Crippen molar-refractivity contribution in [1.82, 2.24) is 0 Å². The zero-order valence-electron chi connectivity index (χ0n) is 10.8. The van der Waals surface area contributed by atoms with Crippen LogP contribution >= 0.6 is 11.6 Å². The highest BCUT2D eigenvalue weighted by Gasteiger charge is 2.12. The van der Waals surface area contributed by atoms with Gasteiger partial charge in [-0.3, -0.25) is 0 Å². The molecule has 0 aliphatic carbocycles. The lowest BCUT2D eigenvalue weighted by Gasteiger charge is -2.17. The van der Waals surface area contributed by atoms with E-state index >= 15 is 0 Å². The average Bonchev–Trinajstić information content (AvgIpc) is 2.19. The Kier molecular flexibility index (Phi) is 6.67. The number of rotatable bonds is 2. The zero-order chi connectivity index (χ0) is 12.0. The number of hydrogen-bond acceptors (Lipinski definition) is 0. The van der Waals surface area contributed by atoms with Crippen LogP contribution < -0.4 is 0 Å². The highest BCUT2D eigenvalue weighted by Crippen LogP contribution is 2.31. The maximum absolute atomic E-state index is 6.17. The smallest absolute Gasteiger partial charge is 0.0443 e. The Balaban J connectivity index is 0.000000921. The monoisotopic (exact) mass is 226 g/mol. The van der Waals surface area contributed by atoms with Gasteiger partial charge in [-0.05, 0) is 29.0 Å². The molecule has 1 heteroatoms. The summed E-state index contributed by atoms with van der Waals surface area (Å²) in [4.78, 5) is 0. The van der Waals surface area contributed by atoms with E-state index in [0.717, 1.165) is 5.02 Å². The third-order valence-electron chi connectivity index (χ3n) is 2.29. The van der Waals surface area contributed by atoms with E-state index in [9.17, 15) is 0 Å². The summed E-state index contributed by atoms with van der Waals surface area (Å²) in [7, 11) is 0. The summed E-state index contributed by atoms with van der Waals surface area (Å²) in [6.45, 7) is 12.8. The van der Waals surface area contributed by atoms with Gasteiger partial charge in [-0.1, -0.05) is 65.3 Å². The first-order valence-electron chi connectivity index (χ1n) is 5.82. The Morgan fingerprint density at radius 2 is 1.47 bits per heavy atom. The fourth-order valence-corrected chi connectivity index (χ4v) is 2.07. The molecule has 1 rings (SSSR count). The van der Waals surface area contributed by atoms with Crippen LogP contribution in [-0.2, 0) is 0 Å². The van der Waals surface area contributed by atoms with Crippen LogP contribution in [0.2, 0.25) is 5.02 Å². The SMILES string of the molecule is CC.CC(C)c1cccc(Cl)c1C(C)C. The van der Waals surface area contributed by atoms with Crippen molar-refractivity contribution in [2.45, 2.75) is 53.4 Å². The van der Waals surface area contributed by atoms with Gasteiger partial charge in [0.25, 0.3) is 0 Å². The molecule has 0 N–H and O–H groups in total. The molecule has 0 fully saturated rings. The van der Waals surface area contributed by atoms with Crippen LogP contribution in [-0.4, -0.2) is 0 Å². The third kappa shape index (κ3) is 3.87. The largest absolute Gasteiger partial charge is 0.0840 e. The van der Waals surface area contributed by atoms with Crippen LogP contribution in [0, 0.1) is 0 Å². The number of halogens is 1. The predicted octanol–water partition coefficient (Wildman–Crippen LogP) is 5.61. The quantitative estimate of drug-likeness (QED) is 0.615. The number of hydrogen-bond donors (Lipinski definition) is 0. The molecule has 0 aromatic heterocycles. The summed E-state index contributed by atoms with van der Waals surface area (Å²) in [5.74, 6) is 1.06. The Morgan fingerprint density at radius 3 is 1.80 bits per heavy atom. The Hall–Kier alpha value is -0.490. The molecule has 0 heterocycles. The van der Waals surface area contributed by atoms with Gasteiger partial charge in [0, 0.05) is 5.02 Å². The van der Waals surface area contributed by atoms with Crippen LogP contribution in [0.5, 0.6) is 0 Å². The molecule has 1 aromatic rings. The van der Waals surface area contributed by atoms with Crippen LogP contribution in [0.3, 0.4) is 0 Å². The van der Waals surface area contributed by atoms with Crippen molar-refractivity contribution in [3.8, 4) is 0 Å². The van der Waals surface area contributed by atoms with Gasteiger partial charge in [-0.15, -0.1) is 0 Å². The van der Waals surface area contributed by atoms with E-state index in [0.29, 0.717) is 11.8 Å². The molecular formula is C14H23Cl. The molecule has 0 radical (unpaired) electrons. The molecule has 0 unspecified atom stereocenters. The maximum Gasteiger partial charge on any atom is 0.0443 e. The first kappa shape index (κ1) is 14.5. The van der Waals surface area contributed by atoms with Crippen LogP contribution in [0.25, 0.3) is 0 Å². The molecule has 0 amide bonds. The second-order valence-electron chi connectivity index (χ2n) is 4.05. The van der Waals surface area contributed by atoms with E-state index in [1.165, 1.54) is 11.1 Å². The molecule has 0 spiro atoms. The summed E-state index contributed by atoms with van der Waals surface area (Å²) in [6, 6.07) is 6.18. The van der Waals surface area contributed by atoms with E-state index in [1.807, 2.05) is 26.0 Å². The van der Waals surface area contributed by atoms with Gasteiger partial charge in [0.05, 0.1) is 0 Å². The fourth-order valence-electron chi connectivity index (χ4n) is 1.67. The molecule has 1 aromatic carbocycles. The van der Waals surface area contributed by atoms with E-state index in [2.05, 4.69) is 33.8 Å². The van der Waals surface area contributed by atoms with E-state index in [-0.39, 0.29) is 0 Å². The molecule has 86 valence electrons. The normalized spacial score (nSPS) is 10.2. The van der Waals surface area contributed by atoms with E-state index < -0.39 is 0 Å². The Labute approximate surface area is 99.7 Å². The third-order valence-corrected chi connectivity index (χ3v) is 2.62. The first-order valence-corrected chi connectivity index (χ1v) is 6.20. The zero-order valence-corrected chi connectivity index (χ0v) is 11.5. The molecule has 0 aliphatic heterocycles. The lowest BCUT2D eigenvalue weighted by Crippen LogP contribution is -1.99. The first-order chi connectivity index (χ1) is 7.04. The van der Waals surface area contributed by atoms with Gasteiger partial charge in [0.1, 0.15) is 0 Å². The minimum Gasteiger partial charge on any atom is -0.0840 e. The maximum atomic E-state index is 6.17. The molecular weight excluding hydrogens is 204 g/mol. The minimum absolute atomic E-state index is 0.506. The van der Waals surface area contributed by atoms with Crippen LogP contribution in [0.1, 0.15) is 64.5 Å². The molecule has 0 atom stereocenters. The van der Waals surface area contributed by atoms with Gasteiger partial charge in [0.15, 0.2) is 0 Å². The van der Waals surface area contributed by atoms with Crippen LogP contribution in [0.4, 0.5) is 0 Å². The summed E-state index contributed by atoms with van der Waals surface area (Å²) in [5.41, 5.74) is 2.68. The van der Waals surface area contributed by atoms with Crippen LogP contribution in [0.15, 0.2) is 18.2 Å². The Morgan fingerprint density at radius 1 is 0.933 bits per heavy atom. The molecule has 0 nitrogen and oxygen atoms in total. The van der Waals surface area contributed by atoms with Crippen molar-refractivity contribution in [3.05, 3.63) is 34.3 Å². The van der Waals surface area contributed by atoms with Gasteiger partial charge in [0.2, 0.25) is 0 Å². The lowest BCUT2D eigenvalue weighted by molar-refractivity contribution is 0.790. The predicted molar refractivity (Wildman–Crippen MR) is 71.0 cm³/mol. The van der Waals surface area contributed by atoms with Crippen molar-refractivity contribution >= 4 is 11.6 Å². The molecule has 0 bridgehead atoms. The standard InChI is InChI=1S/C12H17Cl.C2H6/c1-8(2)10-6-5-7-11(13)12(10)9(3)4;1-2/h5-9H,1-4H3;1-2H3. The fraction of sp³-hybridized carbons (Fsp3) is 0.571. The van der Waals surface area contributed by atoms with Crippen molar-refractivity contribution in [3.63, 3.8) is 0 Å². The number of benzene rings is 1. The molecule has 0 aliphatic rings. The van der Waals surface area contributed by atoms with Crippen molar-refractivity contribution in [1.29, 1.82) is 0 Å². The van der Waals surface area contributed by atoms with Gasteiger partial charge in [-0.2, -0.15) is 0 Å². The summed E-state index contributed by atoms with van der Waals surface area (Å²) in [5, 5.41) is 0.904. The molecule has 0 saturated carbocycles. The summed E-state index contributed by atoms with van der Waals surface area (Å²) in [6.07, 6.45) is 0. The van der Waals surface area contributed by atoms with Crippen molar-refractivity contribution < 1.29 is 0 Å². The Bertz CT molecular complexity index is 287. The van der Waals surface area contributed by atoms with E-state index in [1.54, 1.807) is 0 Å². The van der Waals surface area contributed by atoms with Crippen molar-refractivity contribution in [2.24, 2.45) is 0 Å². The second kappa shape index (κ2) is 6.90. The highest BCUT2D eigenvalue weighted by molar-refractivity contribution is 6.31. The minimum atomic E-state index is 0.506. The lowest BCUT2D eigenvalue weighted by atomic mass is 9.91. The summed E-state index contributed by atoms with van der Waals surface area (Å²) < 4.78 is 0. The highest BCUT2D eigenvalue weighted by atomic mass is 35.5. The van der Waals surface area contributed by atoms with Gasteiger partial charge in [-0.25, -0.2) is 0 Å². The van der Waals surface area contributed by atoms with Gasteiger partial charge >= 0.3 is 0 Å². The molecule has 15 heavy (non-hydrogen) atoms. The molecule has 0 saturated heterocycles. The average molecular weight is 227 g/mol. The van der Waals surface area contributed by atoms with Crippen molar-refractivity contribution in [2.75, 3.05) is 0 Å². The topological polar surface area (TPSA) is 0 Å². The van der Waals surface area contributed by atoms with Gasteiger partial charge < -0.3 is 0 Å².